The number of nitrogens with zero attached hydrogens (tertiary/aromatic N) is 2. The molecular formula is C21H30N2O5. The average molecular weight is 390 g/mol. The number of nitro benzene ring substituents is 1. The number of carbonyl (C=O) groups excluding carboxylic acids is 1. The van der Waals surface area contributed by atoms with Gasteiger partial charge < -0.3 is 14.4 Å². The molecule has 28 heavy (non-hydrogen) atoms. The van der Waals surface area contributed by atoms with E-state index in [1.165, 1.54) is 25.0 Å². The number of hydrogen-bond donors (Lipinski definition) is 0. The predicted molar refractivity (Wildman–Crippen MR) is 108 cm³/mol. The van der Waals surface area contributed by atoms with Gasteiger partial charge in [-0.15, -0.1) is 0 Å². The second kappa shape index (κ2) is 10.2. The molecule has 7 heteroatoms. The Hall–Kier alpha value is -2.41. The van der Waals surface area contributed by atoms with E-state index in [9.17, 15) is 14.9 Å². The summed E-state index contributed by atoms with van der Waals surface area (Å²) in [4.78, 5) is 23.9. The summed E-state index contributed by atoms with van der Waals surface area (Å²) >= 11 is 0. The van der Waals surface area contributed by atoms with Crippen LogP contribution >= 0.6 is 0 Å². The molecule has 0 aliphatic carbocycles. The Balaban J connectivity index is 0.000000485. The molecule has 0 radical (unpaired) electrons. The molecular weight excluding hydrogens is 360 g/mol. The van der Waals surface area contributed by atoms with Crippen LogP contribution in [0.3, 0.4) is 0 Å². The first kappa shape index (κ1) is 21.9. The molecule has 2 heterocycles. The summed E-state index contributed by atoms with van der Waals surface area (Å²) in [5.41, 5.74) is 0.509. The Labute approximate surface area is 166 Å². The largest absolute Gasteiger partial charge is 0.444 e. The molecule has 0 saturated carbocycles. The standard InChI is InChI=1S/C17H22N2O4.C4H8O/c1-17(2,3)23-16(20)18-11-10-14(12-18)5-4-13-6-8-15(9-7-13)19(21)22;1-2-4-5-3-1/h4-9,14H,10-12H2,1-3H3;1-4H2/b5-4+;. The van der Waals surface area contributed by atoms with Gasteiger partial charge in [-0.2, -0.15) is 0 Å². The van der Waals surface area contributed by atoms with E-state index in [1.807, 2.05) is 32.9 Å². The number of benzene rings is 1. The van der Waals surface area contributed by atoms with Crippen molar-refractivity contribution in [1.29, 1.82) is 0 Å². The van der Waals surface area contributed by atoms with Crippen LogP contribution in [0, 0.1) is 16.0 Å². The minimum atomic E-state index is -0.482. The summed E-state index contributed by atoms with van der Waals surface area (Å²) in [6.07, 6.45) is 7.16. The molecule has 2 aliphatic heterocycles. The molecule has 0 bridgehead atoms. The monoisotopic (exact) mass is 390 g/mol. The average Bonchev–Trinajstić information content (AvgIpc) is 3.33. The summed E-state index contributed by atoms with van der Waals surface area (Å²) in [5, 5.41) is 10.6. The molecule has 0 spiro atoms. The van der Waals surface area contributed by atoms with Gasteiger partial charge >= 0.3 is 6.09 Å². The number of likely N-dealkylation sites (tertiary alicyclic amines) is 1. The maximum atomic E-state index is 12.0. The molecule has 1 aromatic rings. The summed E-state index contributed by atoms with van der Waals surface area (Å²) in [5.74, 6) is 0.276. The van der Waals surface area contributed by atoms with Crippen LogP contribution in [0.1, 0.15) is 45.6 Å². The van der Waals surface area contributed by atoms with Crippen LogP contribution in [0.5, 0.6) is 0 Å². The summed E-state index contributed by atoms with van der Waals surface area (Å²) in [6.45, 7) is 8.88. The van der Waals surface area contributed by atoms with Gasteiger partial charge in [0.05, 0.1) is 4.92 Å². The maximum Gasteiger partial charge on any atom is 0.410 e. The minimum absolute atomic E-state index is 0.0825. The third kappa shape index (κ3) is 7.68. The third-order valence-corrected chi connectivity index (χ3v) is 4.37. The van der Waals surface area contributed by atoms with Crippen molar-refractivity contribution in [3.8, 4) is 0 Å². The lowest BCUT2D eigenvalue weighted by molar-refractivity contribution is -0.384. The highest BCUT2D eigenvalue weighted by Crippen LogP contribution is 2.22. The molecule has 1 aromatic carbocycles. The summed E-state index contributed by atoms with van der Waals surface area (Å²) in [7, 11) is 0. The van der Waals surface area contributed by atoms with Gasteiger partial charge in [0.2, 0.25) is 0 Å². The second-order valence-electron chi connectivity index (χ2n) is 8.00. The Morgan fingerprint density at radius 1 is 1.25 bits per heavy atom. The lowest BCUT2D eigenvalue weighted by atomic mass is 10.1. The minimum Gasteiger partial charge on any atom is -0.444 e. The van der Waals surface area contributed by atoms with E-state index in [-0.39, 0.29) is 17.7 Å². The van der Waals surface area contributed by atoms with Crippen LogP contribution in [-0.2, 0) is 9.47 Å². The Morgan fingerprint density at radius 3 is 2.39 bits per heavy atom. The predicted octanol–water partition coefficient (Wildman–Crippen LogP) is 4.66. The Bertz CT molecular complexity index is 667. The lowest BCUT2D eigenvalue weighted by Crippen LogP contribution is -2.35. The normalized spacial score (nSPS) is 19.4. The van der Waals surface area contributed by atoms with E-state index >= 15 is 0 Å². The van der Waals surface area contributed by atoms with Crippen molar-refractivity contribution >= 4 is 17.9 Å². The van der Waals surface area contributed by atoms with Crippen LogP contribution in [0.15, 0.2) is 30.3 Å². The van der Waals surface area contributed by atoms with Gasteiger partial charge in [0.25, 0.3) is 5.69 Å². The quantitative estimate of drug-likeness (QED) is 0.554. The number of carbonyl (C=O) groups is 1. The van der Waals surface area contributed by atoms with E-state index in [0.29, 0.717) is 13.1 Å². The molecule has 0 aromatic heterocycles. The van der Waals surface area contributed by atoms with E-state index in [0.717, 1.165) is 25.2 Å². The van der Waals surface area contributed by atoms with E-state index in [2.05, 4.69) is 0 Å². The Kier molecular flexibility index (Phi) is 7.99. The first-order chi connectivity index (χ1) is 13.2. The third-order valence-electron chi connectivity index (χ3n) is 4.37. The van der Waals surface area contributed by atoms with Crippen molar-refractivity contribution in [2.24, 2.45) is 5.92 Å². The van der Waals surface area contributed by atoms with Crippen LogP contribution in [0.25, 0.3) is 6.08 Å². The van der Waals surface area contributed by atoms with E-state index < -0.39 is 10.5 Å². The summed E-state index contributed by atoms with van der Waals surface area (Å²) in [6, 6.07) is 6.41. The van der Waals surface area contributed by atoms with Crippen molar-refractivity contribution in [3.05, 3.63) is 46.0 Å². The van der Waals surface area contributed by atoms with Gasteiger partial charge in [-0.25, -0.2) is 4.79 Å². The molecule has 2 saturated heterocycles. The number of non-ortho nitro benzene ring substituents is 1. The molecule has 7 nitrogen and oxygen atoms in total. The van der Waals surface area contributed by atoms with Crippen LogP contribution in [0.4, 0.5) is 10.5 Å². The highest BCUT2D eigenvalue weighted by molar-refractivity contribution is 5.68. The SMILES string of the molecule is C1CCOC1.CC(C)(C)OC(=O)N1CCC(/C=C/c2ccc([N+](=O)[O-])cc2)C1. The van der Waals surface area contributed by atoms with Gasteiger partial charge in [0, 0.05) is 38.4 Å². The first-order valence-electron chi connectivity index (χ1n) is 9.73. The number of amides is 1. The van der Waals surface area contributed by atoms with Gasteiger partial charge in [0.1, 0.15) is 5.60 Å². The molecule has 0 N–H and O–H groups in total. The fourth-order valence-electron chi connectivity index (χ4n) is 2.90. The fourth-order valence-corrected chi connectivity index (χ4v) is 2.90. The van der Waals surface area contributed by atoms with Crippen LogP contribution in [0.2, 0.25) is 0 Å². The smallest absolute Gasteiger partial charge is 0.410 e. The summed E-state index contributed by atoms with van der Waals surface area (Å²) < 4.78 is 10.3. The van der Waals surface area contributed by atoms with Crippen molar-refractivity contribution in [1.82, 2.24) is 4.90 Å². The zero-order valence-electron chi connectivity index (χ0n) is 16.9. The molecule has 3 rings (SSSR count). The van der Waals surface area contributed by atoms with Gasteiger partial charge in [-0.1, -0.05) is 12.2 Å². The maximum absolute atomic E-state index is 12.0. The second-order valence-corrected chi connectivity index (χ2v) is 8.00. The molecule has 1 unspecified atom stereocenters. The molecule has 1 amide bonds. The number of ether oxygens (including phenoxy) is 2. The van der Waals surface area contributed by atoms with Crippen LogP contribution in [-0.4, -0.2) is 47.8 Å². The highest BCUT2D eigenvalue weighted by atomic mass is 16.6. The number of hydrogen-bond acceptors (Lipinski definition) is 5. The first-order valence-corrected chi connectivity index (χ1v) is 9.73. The lowest BCUT2D eigenvalue weighted by Gasteiger charge is -2.24. The van der Waals surface area contributed by atoms with Gasteiger partial charge in [-0.3, -0.25) is 10.1 Å². The Morgan fingerprint density at radius 2 is 1.89 bits per heavy atom. The fraction of sp³-hybridized carbons (Fsp3) is 0.571. The van der Waals surface area contributed by atoms with E-state index in [4.69, 9.17) is 9.47 Å². The molecule has 2 fully saturated rings. The van der Waals surface area contributed by atoms with Gasteiger partial charge in [0.15, 0.2) is 0 Å². The molecule has 154 valence electrons. The van der Waals surface area contributed by atoms with Crippen molar-refractivity contribution < 1.29 is 19.2 Å². The zero-order chi connectivity index (χ0) is 20.6. The van der Waals surface area contributed by atoms with Crippen molar-refractivity contribution in [2.75, 3.05) is 26.3 Å². The topological polar surface area (TPSA) is 81.9 Å². The number of nitro groups is 1. The highest BCUT2D eigenvalue weighted by Gasteiger charge is 2.28. The van der Waals surface area contributed by atoms with Gasteiger partial charge in [-0.05, 0) is 63.6 Å². The van der Waals surface area contributed by atoms with Crippen molar-refractivity contribution in [2.45, 2.75) is 45.6 Å². The zero-order valence-corrected chi connectivity index (χ0v) is 16.9. The van der Waals surface area contributed by atoms with Crippen LogP contribution < -0.4 is 0 Å². The number of rotatable bonds is 3. The van der Waals surface area contributed by atoms with E-state index in [1.54, 1.807) is 17.0 Å². The van der Waals surface area contributed by atoms with Crippen molar-refractivity contribution in [3.63, 3.8) is 0 Å². The molecule has 2 aliphatic rings. The molecule has 1 atom stereocenters.